The monoisotopic (exact) mass is 1040 g/mol. The zero-order chi connectivity index (χ0) is 55.4. The molecule has 0 bridgehead atoms. The number of aliphatic carboxylic acids is 1. The first-order valence-electron chi connectivity index (χ1n) is 23.7. The third-order valence-corrected chi connectivity index (χ3v) is 11.5. The minimum absolute atomic E-state index is 0.0731. The topological polar surface area (TPSA) is 410 Å². The second kappa shape index (κ2) is 28.7. The summed E-state index contributed by atoms with van der Waals surface area (Å²) in [5, 5.41) is 69.8. The number of carboxylic acid groups (broad SMARTS) is 1. The Morgan fingerprint density at radius 1 is 0.507 bits per heavy atom. The lowest BCUT2D eigenvalue weighted by Gasteiger charge is -2.27. The summed E-state index contributed by atoms with van der Waals surface area (Å²) in [4.78, 5) is 135. The number of nitrogens with one attached hydrogen (secondary N) is 9. The lowest BCUT2D eigenvalue weighted by molar-refractivity contribution is -0.142. The van der Waals surface area contributed by atoms with Crippen molar-refractivity contribution in [1.29, 1.82) is 0 Å². The van der Waals surface area contributed by atoms with Crippen molar-refractivity contribution in [3.8, 4) is 5.75 Å². The Balaban J connectivity index is 1.60. The predicted octanol–water partition coefficient (Wildman–Crippen LogP) is -3.22. The number of carbonyl (C=O) groups is 10. The van der Waals surface area contributed by atoms with Crippen molar-refractivity contribution in [2.75, 3.05) is 19.8 Å². The summed E-state index contributed by atoms with van der Waals surface area (Å²) >= 11 is 0. The van der Waals surface area contributed by atoms with Crippen LogP contribution in [0.25, 0.3) is 10.9 Å². The molecule has 8 atom stereocenters. The molecule has 0 aliphatic carbocycles. The van der Waals surface area contributed by atoms with Gasteiger partial charge in [0.05, 0.1) is 26.2 Å². The van der Waals surface area contributed by atoms with Crippen LogP contribution >= 0.6 is 0 Å². The summed E-state index contributed by atoms with van der Waals surface area (Å²) in [5.41, 5.74) is 7.47. The molecule has 404 valence electrons. The van der Waals surface area contributed by atoms with Crippen molar-refractivity contribution < 1.29 is 73.5 Å². The van der Waals surface area contributed by atoms with Crippen LogP contribution in [0.2, 0.25) is 0 Å². The van der Waals surface area contributed by atoms with Crippen molar-refractivity contribution >= 4 is 70.0 Å². The van der Waals surface area contributed by atoms with Crippen molar-refractivity contribution in [2.24, 2.45) is 11.7 Å². The highest BCUT2D eigenvalue weighted by Crippen LogP contribution is 2.20. The molecular formula is C50H64N10O15. The van der Waals surface area contributed by atoms with Gasteiger partial charge in [-0.3, -0.25) is 43.2 Å². The third kappa shape index (κ3) is 18.5. The number of para-hydroxylation sites is 1. The highest BCUT2D eigenvalue weighted by molar-refractivity contribution is 5.99. The number of amides is 9. The minimum atomic E-state index is -1.88. The van der Waals surface area contributed by atoms with Crippen LogP contribution in [-0.4, -0.2) is 158 Å². The molecule has 0 spiro atoms. The molecule has 75 heavy (non-hydrogen) atoms. The minimum Gasteiger partial charge on any atom is -0.508 e. The number of aromatic nitrogens is 1. The molecule has 1 aromatic heterocycles. The van der Waals surface area contributed by atoms with Gasteiger partial charge in [0.25, 0.3) is 0 Å². The van der Waals surface area contributed by atoms with E-state index in [2.05, 4.69) is 47.5 Å². The predicted molar refractivity (Wildman–Crippen MR) is 267 cm³/mol. The number of carboxylic acids is 1. The highest BCUT2D eigenvalue weighted by atomic mass is 16.4. The number of aliphatic hydroxyl groups excluding tert-OH is 3. The summed E-state index contributed by atoms with van der Waals surface area (Å²) < 4.78 is 0. The number of aromatic amines is 1. The van der Waals surface area contributed by atoms with Gasteiger partial charge in [0.1, 0.15) is 54.1 Å². The molecule has 4 rings (SSSR count). The average molecular weight is 1050 g/mol. The van der Waals surface area contributed by atoms with Crippen LogP contribution in [0.3, 0.4) is 0 Å². The molecule has 1 heterocycles. The fourth-order valence-corrected chi connectivity index (χ4v) is 7.70. The molecule has 0 saturated heterocycles. The van der Waals surface area contributed by atoms with E-state index in [1.807, 2.05) is 0 Å². The lowest BCUT2D eigenvalue weighted by Crippen LogP contribution is -2.62. The van der Waals surface area contributed by atoms with Gasteiger partial charge in [-0.15, -0.1) is 0 Å². The molecule has 8 unspecified atom stereocenters. The number of primary amides is 1. The van der Waals surface area contributed by atoms with E-state index in [0.717, 1.165) is 17.8 Å². The number of hydrogen-bond acceptors (Lipinski definition) is 14. The van der Waals surface area contributed by atoms with Gasteiger partial charge < -0.3 is 78.8 Å². The number of aliphatic hydroxyl groups is 3. The molecule has 4 aromatic rings. The standard InChI is InChI=1S/C50H64N10O15/c1-26(2)17-38(50(74)75)58-45(69)36(20-30-22-52-33-12-8-7-11-32(30)33)56-43(67)34(18-28-9-5-4-6-10-28)54-48(72)40(24-62)59-44(68)35(19-29-13-15-31(65)16-14-29)55-49(73)41(25-63)60-46(70)37(21-42(51)66)57-47(71)39(23-61)53-27(3)64/h4-16,22,26,34-41,52,61-63,65H,17-21,23-25H2,1-3H3,(H2,51,66)(H,53,64)(H,54,72)(H,55,73)(H,56,67)(H,57,71)(H,58,69)(H,59,68)(H,60,70)(H,74,75). The lowest BCUT2D eigenvalue weighted by atomic mass is 10.00. The summed E-state index contributed by atoms with van der Waals surface area (Å²) in [6.45, 7) is 1.50. The molecule has 0 fully saturated rings. The van der Waals surface area contributed by atoms with E-state index in [1.54, 1.807) is 74.6 Å². The second-order valence-corrected chi connectivity index (χ2v) is 18.0. The smallest absolute Gasteiger partial charge is 0.326 e. The van der Waals surface area contributed by atoms with E-state index >= 15 is 0 Å². The number of hydrogen-bond donors (Lipinski definition) is 15. The summed E-state index contributed by atoms with van der Waals surface area (Å²) in [7, 11) is 0. The zero-order valence-electron chi connectivity index (χ0n) is 41.3. The number of rotatable bonds is 29. The number of phenols is 1. The fraction of sp³-hybridized carbons (Fsp3) is 0.400. The molecule has 25 nitrogen and oxygen atoms in total. The third-order valence-electron chi connectivity index (χ3n) is 11.5. The van der Waals surface area contributed by atoms with Gasteiger partial charge >= 0.3 is 5.97 Å². The molecule has 16 N–H and O–H groups in total. The van der Waals surface area contributed by atoms with Gasteiger partial charge in [0, 0.05) is 43.3 Å². The van der Waals surface area contributed by atoms with Crippen molar-refractivity contribution in [3.05, 3.63) is 102 Å². The van der Waals surface area contributed by atoms with Gasteiger partial charge in [-0.2, -0.15) is 0 Å². The molecular weight excluding hydrogens is 981 g/mol. The SMILES string of the molecule is CC(=O)NC(CO)C(=O)NC(CC(N)=O)C(=O)NC(CO)C(=O)NC(Cc1ccc(O)cc1)C(=O)NC(CO)C(=O)NC(Cc1ccccc1)C(=O)NC(Cc1c[nH]c2ccccc12)C(=O)NC(CC(C)C)C(=O)O. The largest absolute Gasteiger partial charge is 0.508 e. The quantitative estimate of drug-likeness (QED) is 0.0255. The van der Waals surface area contributed by atoms with E-state index in [0.29, 0.717) is 16.7 Å². The van der Waals surface area contributed by atoms with Gasteiger partial charge in [-0.05, 0) is 47.2 Å². The maximum absolute atomic E-state index is 14.4. The number of H-pyrrole nitrogens is 1. The maximum atomic E-state index is 14.4. The summed E-state index contributed by atoms with van der Waals surface area (Å²) in [6.07, 6.45) is 0.199. The van der Waals surface area contributed by atoms with Gasteiger partial charge in [-0.25, -0.2) is 4.79 Å². The van der Waals surface area contributed by atoms with Crippen LogP contribution in [0.1, 0.15) is 50.3 Å². The van der Waals surface area contributed by atoms with Crippen LogP contribution in [0.5, 0.6) is 5.75 Å². The number of nitrogens with two attached hydrogens (primary N) is 1. The van der Waals surface area contributed by atoms with E-state index < -0.39 is 134 Å². The first kappa shape index (κ1) is 59.1. The van der Waals surface area contributed by atoms with Crippen LogP contribution in [-0.2, 0) is 67.2 Å². The molecule has 3 aromatic carbocycles. The van der Waals surface area contributed by atoms with Crippen molar-refractivity contribution in [2.45, 2.75) is 101 Å². The first-order valence-corrected chi connectivity index (χ1v) is 23.7. The Bertz CT molecular complexity index is 2650. The first-order chi connectivity index (χ1) is 35.6. The number of aromatic hydroxyl groups is 1. The number of carbonyl (C=O) groups excluding carboxylic acids is 9. The van der Waals surface area contributed by atoms with E-state index in [4.69, 9.17) is 5.73 Å². The molecule has 25 heteroatoms. The fourth-order valence-electron chi connectivity index (χ4n) is 7.70. The molecule has 0 saturated carbocycles. The second-order valence-electron chi connectivity index (χ2n) is 18.0. The maximum Gasteiger partial charge on any atom is 0.326 e. The highest BCUT2D eigenvalue weighted by Gasteiger charge is 2.35. The molecule has 0 aliphatic rings. The van der Waals surface area contributed by atoms with Crippen LogP contribution in [0, 0.1) is 5.92 Å². The zero-order valence-corrected chi connectivity index (χ0v) is 41.3. The Morgan fingerprint density at radius 2 is 0.907 bits per heavy atom. The molecule has 0 aliphatic heterocycles. The van der Waals surface area contributed by atoms with Gasteiger partial charge in [0.2, 0.25) is 53.2 Å². The normalized spacial score (nSPS) is 14.3. The Morgan fingerprint density at radius 3 is 1.37 bits per heavy atom. The van der Waals surface area contributed by atoms with Gasteiger partial charge in [0.15, 0.2) is 0 Å². The summed E-state index contributed by atoms with van der Waals surface area (Å²) in [5.74, 6) is -10.9. The van der Waals surface area contributed by atoms with Crippen LogP contribution in [0.15, 0.2) is 85.1 Å². The Hall–Kier alpha value is -8.42. The van der Waals surface area contributed by atoms with E-state index in [9.17, 15) is 73.5 Å². The number of fused-ring (bicyclic) bond motifs is 1. The van der Waals surface area contributed by atoms with Crippen molar-refractivity contribution in [3.63, 3.8) is 0 Å². The Kier molecular flexibility index (Phi) is 22.7. The van der Waals surface area contributed by atoms with Crippen LogP contribution in [0.4, 0.5) is 0 Å². The molecule has 0 radical (unpaired) electrons. The number of benzene rings is 3. The van der Waals surface area contributed by atoms with E-state index in [-0.39, 0.29) is 37.4 Å². The summed E-state index contributed by atoms with van der Waals surface area (Å²) in [6, 6.07) is 7.94. The average Bonchev–Trinajstić information content (AvgIpc) is 3.77. The molecule has 9 amide bonds. The van der Waals surface area contributed by atoms with E-state index in [1.165, 1.54) is 24.3 Å². The van der Waals surface area contributed by atoms with Gasteiger partial charge in [-0.1, -0.05) is 74.5 Å². The van der Waals surface area contributed by atoms with Crippen molar-refractivity contribution in [1.82, 2.24) is 47.5 Å². The number of phenolic OH excluding ortho intramolecular Hbond substituents is 1. The Labute approximate surface area is 430 Å². The van der Waals surface area contributed by atoms with Crippen LogP contribution < -0.4 is 48.3 Å².